The van der Waals surface area contributed by atoms with Crippen molar-refractivity contribution < 1.29 is 4.39 Å². The van der Waals surface area contributed by atoms with Crippen LogP contribution in [0.15, 0.2) is 18.2 Å². The number of nitrogens with zero attached hydrogens (tertiary/aromatic N) is 1. The summed E-state index contributed by atoms with van der Waals surface area (Å²) in [6.07, 6.45) is 3.57. The molecule has 1 fully saturated rings. The van der Waals surface area contributed by atoms with Gasteiger partial charge in [0, 0.05) is 18.1 Å². The van der Waals surface area contributed by atoms with Crippen molar-refractivity contribution in [2.45, 2.75) is 51.2 Å². The number of piperidine rings is 1. The molecule has 3 unspecified atom stereocenters. The minimum Gasteiger partial charge on any atom is -0.327 e. The lowest BCUT2D eigenvalue weighted by molar-refractivity contribution is 0.0890. The third-order valence-corrected chi connectivity index (χ3v) is 4.41. The molecule has 0 aromatic heterocycles. The van der Waals surface area contributed by atoms with Crippen LogP contribution in [0.3, 0.4) is 0 Å². The van der Waals surface area contributed by atoms with Gasteiger partial charge in [0.05, 0.1) is 5.02 Å². The van der Waals surface area contributed by atoms with Crippen molar-refractivity contribution in [2.75, 3.05) is 6.54 Å². The van der Waals surface area contributed by atoms with E-state index in [0.717, 1.165) is 18.5 Å². The molecule has 106 valence electrons. The summed E-state index contributed by atoms with van der Waals surface area (Å²) in [5.41, 5.74) is 7.15. The third-order valence-electron chi connectivity index (χ3n) is 4.12. The average molecular weight is 285 g/mol. The Balaban J connectivity index is 2.20. The Labute approximate surface area is 119 Å². The molecule has 1 aromatic carbocycles. The van der Waals surface area contributed by atoms with E-state index in [4.69, 9.17) is 17.3 Å². The number of benzene rings is 1. The summed E-state index contributed by atoms with van der Waals surface area (Å²) in [4.78, 5) is 2.43. The number of nitrogens with two attached hydrogens (primary N) is 1. The molecule has 0 amide bonds. The van der Waals surface area contributed by atoms with Gasteiger partial charge in [0.15, 0.2) is 0 Å². The van der Waals surface area contributed by atoms with Crippen molar-refractivity contribution in [3.05, 3.63) is 34.6 Å². The SMILES string of the molecule is CC(N)C1CCCCN1C(C)c1ccc(F)c(Cl)c1. The first kappa shape index (κ1) is 14.8. The molecule has 2 N–H and O–H groups in total. The van der Waals surface area contributed by atoms with Crippen LogP contribution < -0.4 is 5.73 Å². The lowest BCUT2D eigenvalue weighted by Gasteiger charge is -2.42. The molecule has 0 bridgehead atoms. The number of hydrogen-bond donors (Lipinski definition) is 1. The monoisotopic (exact) mass is 284 g/mol. The van der Waals surface area contributed by atoms with Crippen LogP contribution in [0.4, 0.5) is 4.39 Å². The fourth-order valence-electron chi connectivity index (χ4n) is 2.99. The second-order valence-electron chi connectivity index (χ2n) is 5.51. The van der Waals surface area contributed by atoms with Gasteiger partial charge in [-0.25, -0.2) is 4.39 Å². The molecule has 0 saturated carbocycles. The summed E-state index contributed by atoms with van der Waals surface area (Å²) in [7, 11) is 0. The van der Waals surface area contributed by atoms with Gasteiger partial charge in [-0.2, -0.15) is 0 Å². The number of halogens is 2. The summed E-state index contributed by atoms with van der Waals surface area (Å²) in [5.74, 6) is -0.361. The van der Waals surface area contributed by atoms with Crippen LogP contribution in [0.1, 0.15) is 44.7 Å². The van der Waals surface area contributed by atoms with Gasteiger partial charge in [-0.3, -0.25) is 4.90 Å². The molecule has 4 heteroatoms. The predicted octanol–water partition coefficient (Wildman–Crippen LogP) is 3.74. The second kappa shape index (κ2) is 6.21. The van der Waals surface area contributed by atoms with Crippen LogP contribution >= 0.6 is 11.6 Å². The Morgan fingerprint density at radius 1 is 1.37 bits per heavy atom. The molecule has 0 radical (unpaired) electrons. The largest absolute Gasteiger partial charge is 0.327 e. The standard InChI is InChI=1S/C15H22ClFN2/c1-10(18)15-5-3-4-8-19(15)11(2)12-6-7-14(17)13(16)9-12/h6-7,9-11,15H,3-5,8,18H2,1-2H3. The molecule has 19 heavy (non-hydrogen) atoms. The molecule has 1 aliphatic rings. The van der Waals surface area contributed by atoms with Gasteiger partial charge in [0.2, 0.25) is 0 Å². The van der Waals surface area contributed by atoms with E-state index in [-0.39, 0.29) is 22.9 Å². The van der Waals surface area contributed by atoms with Gasteiger partial charge < -0.3 is 5.73 Å². The highest BCUT2D eigenvalue weighted by Crippen LogP contribution is 2.31. The van der Waals surface area contributed by atoms with E-state index in [1.54, 1.807) is 6.07 Å². The summed E-state index contributed by atoms with van der Waals surface area (Å²) >= 11 is 5.88. The zero-order valence-electron chi connectivity index (χ0n) is 11.6. The fourth-order valence-corrected chi connectivity index (χ4v) is 3.18. The fraction of sp³-hybridized carbons (Fsp3) is 0.600. The first-order valence-electron chi connectivity index (χ1n) is 6.97. The van der Waals surface area contributed by atoms with Crippen LogP contribution in [0.25, 0.3) is 0 Å². The average Bonchev–Trinajstić information content (AvgIpc) is 2.41. The van der Waals surface area contributed by atoms with E-state index in [1.807, 2.05) is 6.07 Å². The zero-order chi connectivity index (χ0) is 14.0. The Morgan fingerprint density at radius 2 is 2.11 bits per heavy atom. The molecule has 0 spiro atoms. The number of hydrogen-bond acceptors (Lipinski definition) is 2. The van der Waals surface area contributed by atoms with E-state index >= 15 is 0 Å². The normalized spacial score (nSPS) is 24.2. The van der Waals surface area contributed by atoms with Crippen molar-refractivity contribution in [2.24, 2.45) is 5.73 Å². The lowest BCUT2D eigenvalue weighted by Crippen LogP contribution is -2.49. The van der Waals surface area contributed by atoms with Crippen LogP contribution in [0.2, 0.25) is 5.02 Å². The molecular weight excluding hydrogens is 263 g/mol. The van der Waals surface area contributed by atoms with E-state index in [1.165, 1.54) is 18.9 Å². The Kier molecular flexibility index (Phi) is 4.82. The summed E-state index contributed by atoms with van der Waals surface area (Å²) in [6.45, 7) is 5.25. The minimum absolute atomic E-state index is 0.152. The van der Waals surface area contributed by atoms with Crippen molar-refractivity contribution >= 4 is 11.6 Å². The highest BCUT2D eigenvalue weighted by molar-refractivity contribution is 6.30. The van der Waals surface area contributed by atoms with Crippen LogP contribution in [-0.2, 0) is 0 Å². The third kappa shape index (κ3) is 3.28. The van der Waals surface area contributed by atoms with Crippen molar-refractivity contribution in [1.29, 1.82) is 0 Å². The maximum Gasteiger partial charge on any atom is 0.141 e. The van der Waals surface area contributed by atoms with Crippen LogP contribution in [0.5, 0.6) is 0 Å². The van der Waals surface area contributed by atoms with Gasteiger partial charge >= 0.3 is 0 Å². The zero-order valence-corrected chi connectivity index (χ0v) is 12.3. The first-order chi connectivity index (χ1) is 9.00. The molecule has 1 saturated heterocycles. The van der Waals surface area contributed by atoms with E-state index in [2.05, 4.69) is 18.7 Å². The van der Waals surface area contributed by atoms with Gasteiger partial charge in [-0.05, 0) is 50.9 Å². The highest BCUT2D eigenvalue weighted by Gasteiger charge is 2.29. The smallest absolute Gasteiger partial charge is 0.141 e. The van der Waals surface area contributed by atoms with Crippen molar-refractivity contribution in [3.8, 4) is 0 Å². The molecule has 1 aromatic rings. The molecule has 0 aliphatic carbocycles. The van der Waals surface area contributed by atoms with Crippen molar-refractivity contribution in [3.63, 3.8) is 0 Å². The lowest BCUT2D eigenvalue weighted by atomic mass is 9.93. The van der Waals surface area contributed by atoms with Gasteiger partial charge in [-0.1, -0.05) is 24.1 Å². The van der Waals surface area contributed by atoms with E-state index < -0.39 is 0 Å². The molecular formula is C15H22ClFN2. The maximum atomic E-state index is 13.2. The highest BCUT2D eigenvalue weighted by atomic mass is 35.5. The summed E-state index contributed by atoms with van der Waals surface area (Å²) < 4.78 is 13.2. The van der Waals surface area contributed by atoms with Gasteiger partial charge in [-0.15, -0.1) is 0 Å². The molecule has 2 rings (SSSR count). The molecule has 1 aliphatic heterocycles. The van der Waals surface area contributed by atoms with Crippen LogP contribution in [0, 0.1) is 5.82 Å². The van der Waals surface area contributed by atoms with Crippen molar-refractivity contribution in [1.82, 2.24) is 4.90 Å². The number of likely N-dealkylation sites (tertiary alicyclic amines) is 1. The van der Waals surface area contributed by atoms with Gasteiger partial charge in [0.1, 0.15) is 5.82 Å². The first-order valence-corrected chi connectivity index (χ1v) is 7.34. The maximum absolute atomic E-state index is 13.2. The topological polar surface area (TPSA) is 29.3 Å². The van der Waals surface area contributed by atoms with Crippen LogP contribution in [-0.4, -0.2) is 23.5 Å². The van der Waals surface area contributed by atoms with Gasteiger partial charge in [0.25, 0.3) is 0 Å². The number of rotatable bonds is 3. The predicted molar refractivity (Wildman–Crippen MR) is 77.8 cm³/mol. The quantitative estimate of drug-likeness (QED) is 0.916. The van der Waals surface area contributed by atoms with E-state index in [0.29, 0.717) is 6.04 Å². The minimum atomic E-state index is -0.361. The molecule has 2 nitrogen and oxygen atoms in total. The Bertz CT molecular complexity index is 436. The summed E-state index contributed by atoms with van der Waals surface area (Å²) in [5, 5.41) is 0.193. The molecule has 1 heterocycles. The molecule has 3 atom stereocenters. The second-order valence-corrected chi connectivity index (χ2v) is 5.92. The summed E-state index contributed by atoms with van der Waals surface area (Å²) in [6, 6.07) is 5.76. The Morgan fingerprint density at radius 3 is 2.74 bits per heavy atom. The van der Waals surface area contributed by atoms with E-state index in [9.17, 15) is 4.39 Å². The Hall–Kier alpha value is -0.640.